The Hall–Kier alpha value is -1.50. The molecule has 6 heteroatoms. The fourth-order valence-corrected chi connectivity index (χ4v) is 1.62. The third-order valence-corrected chi connectivity index (χ3v) is 2.29. The first-order chi connectivity index (χ1) is 6.61. The number of anilines is 2. The highest BCUT2D eigenvalue weighted by Crippen LogP contribution is 2.38. The highest BCUT2D eigenvalue weighted by molar-refractivity contribution is 5.80. The fourth-order valence-electron chi connectivity index (χ4n) is 1.62. The fraction of sp³-hybridized carbons (Fsp3) is 0.250. The van der Waals surface area contributed by atoms with Crippen molar-refractivity contribution in [2.24, 2.45) is 5.84 Å². The van der Waals surface area contributed by atoms with Gasteiger partial charge in [0.15, 0.2) is 5.75 Å². The van der Waals surface area contributed by atoms with Crippen LogP contribution in [0.3, 0.4) is 0 Å². The second kappa shape index (κ2) is 3.02. The van der Waals surface area contributed by atoms with Gasteiger partial charge in [-0.3, -0.25) is 5.17 Å². The van der Waals surface area contributed by atoms with E-state index in [1.54, 1.807) is 6.07 Å². The van der Waals surface area contributed by atoms with Gasteiger partial charge in [0, 0.05) is 12.0 Å². The van der Waals surface area contributed by atoms with Gasteiger partial charge in [0.1, 0.15) is 5.69 Å². The number of hydrogen-bond acceptors (Lipinski definition) is 5. The third kappa shape index (κ3) is 1.17. The van der Waals surface area contributed by atoms with E-state index < -0.39 is 5.17 Å². The molecule has 1 unspecified atom stereocenters. The Bertz CT molecular complexity index is 378. The number of nitrogens with two attached hydrogens (primary N) is 3. The average Bonchev–Trinajstić information content (AvgIpc) is 2.52. The van der Waals surface area contributed by atoms with Crippen LogP contribution >= 0.6 is 0 Å². The lowest BCUT2D eigenvalue weighted by molar-refractivity contribution is -0.789. The average molecular weight is 196 g/mol. The molecule has 0 amide bonds. The molecule has 0 spiro atoms. The normalized spacial score (nSPS) is 16.1. The Morgan fingerprint density at radius 1 is 1.43 bits per heavy atom. The molecular formula is C8H12N4O2. The molecule has 0 bridgehead atoms. The van der Waals surface area contributed by atoms with E-state index >= 15 is 0 Å². The molecular weight excluding hydrogens is 184 g/mol. The minimum atomic E-state index is -0.604. The Labute approximate surface area is 80.8 Å². The van der Waals surface area contributed by atoms with Crippen molar-refractivity contribution in [1.29, 1.82) is 0 Å². The van der Waals surface area contributed by atoms with Crippen molar-refractivity contribution in [3.63, 3.8) is 0 Å². The number of nitrogens with one attached hydrogen (secondary N) is 1. The molecule has 14 heavy (non-hydrogen) atoms. The van der Waals surface area contributed by atoms with Crippen LogP contribution in [-0.2, 0) is 6.42 Å². The van der Waals surface area contributed by atoms with E-state index in [1.807, 2.05) is 0 Å². The number of hydrogen-bond donors (Lipinski definition) is 4. The Morgan fingerprint density at radius 2 is 2.14 bits per heavy atom. The maximum Gasteiger partial charge on any atom is 0.218 e. The zero-order valence-corrected chi connectivity index (χ0v) is 7.54. The molecule has 2 rings (SSSR count). The number of nitrogen functional groups attached to an aromatic ring is 3. The molecule has 1 atom stereocenters. The summed E-state index contributed by atoms with van der Waals surface area (Å²) in [5.41, 5.74) is 13.0. The minimum Gasteiger partial charge on any atom is -0.608 e. The van der Waals surface area contributed by atoms with Crippen LogP contribution in [0.4, 0.5) is 17.1 Å². The molecule has 1 aromatic carbocycles. The van der Waals surface area contributed by atoms with Crippen LogP contribution in [0.15, 0.2) is 6.07 Å². The van der Waals surface area contributed by atoms with Gasteiger partial charge in [-0.25, -0.2) is 0 Å². The van der Waals surface area contributed by atoms with Gasteiger partial charge in [0.2, 0.25) is 5.69 Å². The minimum absolute atomic E-state index is 0.206. The van der Waals surface area contributed by atoms with Crippen LogP contribution in [0.25, 0.3) is 0 Å². The summed E-state index contributed by atoms with van der Waals surface area (Å²) in [6.07, 6.45) is 0.736. The molecule has 76 valence electrons. The van der Waals surface area contributed by atoms with Crippen LogP contribution in [0.2, 0.25) is 0 Å². The van der Waals surface area contributed by atoms with Crippen molar-refractivity contribution in [2.75, 3.05) is 18.1 Å². The van der Waals surface area contributed by atoms with E-state index in [1.165, 1.54) is 0 Å². The number of fused-ring (bicyclic) bond motifs is 1. The lowest BCUT2D eigenvalue weighted by atomic mass is 10.1. The number of quaternary nitrogens is 1. The Morgan fingerprint density at radius 3 is 2.79 bits per heavy atom. The molecule has 1 aliphatic heterocycles. The summed E-state index contributed by atoms with van der Waals surface area (Å²) in [6, 6.07) is 1.73. The van der Waals surface area contributed by atoms with Crippen molar-refractivity contribution < 1.29 is 9.91 Å². The molecule has 0 aromatic heterocycles. The Balaban J connectivity index is 2.66. The first-order valence-electron chi connectivity index (χ1n) is 4.24. The maximum atomic E-state index is 11.1. The summed E-state index contributed by atoms with van der Waals surface area (Å²) < 4.78 is 5.29. The number of rotatable bonds is 1. The van der Waals surface area contributed by atoms with Gasteiger partial charge in [-0.1, -0.05) is 0 Å². The summed E-state index contributed by atoms with van der Waals surface area (Å²) in [6.45, 7) is 0.540. The standard InChI is InChI=1S/C8H12N4O2/c9-5-3-4-1-2-14-8(4)7(6(5)10)12(11)13/h3,12H,1-2,9-11H2. The summed E-state index contributed by atoms with van der Waals surface area (Å²) >= 11 is 0. The lowest BCUT2D eigenvalue weighted by Crippen LogP contribution is -3.08. The monoisotopic (exact) mass is 196 g/mol. The van der Waals surface area contributed by atoms with E-state index in [2.05, 4.69) is 0 Å². The van der Waals surface area contributed by atoms with Crippen LogP contribution in [0.1, 0.15) is 5.56 Å². The van der Waals surface area contributed by atoms with E-state index in [4.69, 9.17) is 22.0 Å². The van der Waals surface area contributed by atoms with Crippen molar-refractivity contribution in [3.8, 4) is 5.75 Å². The molecule has 1 aromatic rings. The van der Waals surface area contributed by atoms with Crippen molar-refractivity contribution in [1.82, 2.24) is 0 Å². The summed E-state index contributed by atoms with van der Waals surface area (Å²) in [5, 5.41) is 10.5. The third-order valence-electron chi connectivity index (χ3n) is 2.29. The molecule has 0 saturated carbocycles. The lowest BCUT2D eigenvalue weighted by Gasteiger charge is -2.19. The van der Waals surface area contributed by atoms with E-state index in [0.29, 0.717) is 18.0 Å². The van der Waals surface area contributed by atoms with Crippen LogP contribution in [0, 0.1) is 5.21 Å². The maximum absolute atomic E-state index is 11.1. The van der Waals surface area contributed by atoms with Gasteiger partial charge < -0.3 is 21.4 Å². The van der Waals surface area contributed by atoms with E-state index in [9.17, 15) is 5.21 Å². The summed E-state index contributed by atoms with van der Waals surface area (Å²) in [5.74, 6) is 5.69. The highest BCUT2D eigenvalue weighted by atomic mass is 16.5. The van der Waals surface area contributed by atoms with E-state index in [-0.39, 0.29) is 11.4 Å². The van der Waals surface area contributed by atoms with Gasteiger partial charge in [-0.2, -0.15) is 5.84 Å². The molecule has 1 aliphatic rings. The highest BCUT2D eigenvalue weighted by Gasteiger charge is 2.24. The number of ether oxygens (including phenoxy) is 1. The van der Waals surface area contributed by atoms with Gasteiger partial charge >= 0.3 is 0 Å². The molecule has 0 saturated heterocycles. The molecule has 0 fully saturated rings. The molecule has 0 aliphatic carbocycles. The topological polar surface area (TPSA) is 115 Å². The molecule has 0 radical (unpaired) electrons. The summed E-state index contributed by atoms with van der Waals surface area (Å²) in [4.78, 5) is 0. The van der Waals surface area contributed by atoms with E-state index in [0.717, 1.165) is 12.0 Å². The largest absolute Gasteiger partial charge is 0.608 e. The van der Waals surface area contributed by atoms with Gasteiger partial charge in [0.25, 0.3) is 0 Å². The smallest absolute Gasteiger partial charge is 0.218 e. The second-order valence-electron chi connectivity index (χ2n) is 3.21. The van der Waals surface area contributed by atoms with Crippen molar-refractivity contribution >= 4 is 17.1 Å². The molecule has 7 N–H and O–H groups in total. The first-order valence-corrected chi connectivity index (χ1v) is 4.24. The zero-order chi connectivity index (χ0) is 10.3. The van der Waals surface area contributed by atoms with Crippen LogP contribution in [-0.4, -0.2) is 6.61 Å². The Kier molecular flexibility index (Phi) is 1.95. The quantitative estimate of drug-likeness (QED) is 0.252. The second-order valence-corrected chi connectivity index (χ2v) is 3.21. The van der Waals surface area contributed by atoms with Gasteiger partial charge in [-0.05, 0) is 6.07 Å². The van der Waals surface area contributed by atoms with Gasteiger partial charge in [-0.15, -0.1) is 0 Å². The predicted molar refractivity (Wildman–Crippen MR) is 52.6 cm³/mol. The van der Waals surface area contributed by atoms with Crippen LogP contribution < -0.4 is 27.2 Å². The van der Waals surface area contributed by atoms with Crippen molar-refractivity contribution in [3.05, 3.63) is 16.8 Å². The SMILES string of the molecule is Nc1cc2c(c([NH+](N)[O-])c1N)OCC2. The summed E-state index contributed by atoms with van der Waals surface area (Å²) in [7, 11) is 0. The number of benzene rings is 1. The predicted octanol–water partition coefficient (Wildman–Crippen LogP) is -1.33. The van der Waals surface area contributed by atoms with Crippen molar-refractivity contribution in [2.45, 2.75) is 6.42 Å². The molecule has 1 heterocycles. The van der Waals surface area contributed by atoms with Crippen LogP contribution in [0.5, 0.6) is 5.75 Å². The zero-order valence-electron chi connectivity index (χ0n) is 7.54. The van der Waals surface area contributed by atoms with Gasteiger partial charge in [0.05, 0.1) is 12.3 Å². The first kappa shape index (κ1) is 9.07. The molecule has 6 nitrogen and oxygen atoms in total.